The van der Waals surface area contributed by atoms with Crippen molar-refractivity contribution in [3.63, 3.8) is 0 Å². The van der Waals surface area contributed by atoms with E-state index < -0.39 is 17.1 Å². The Balaban J connectivity index is 1.47. The number of benzene rings is 3. The zero-order chi connectivity index (χ0) is 19.5. The van der Waals surface area contributed by atoms with E-state index in [1.54, 1.807) is 30.3 Å². The second-order valence-electron chi connectivity index (χ2n) is 6.24. The molecule has 1 aromatic heterocycles. The molecule has 1 atom stereocenters. The third-order valence-corrected chi connectivity index (χ3v) is 4.91. The Morgan fingerprint density at radius 3 is 2.50 bits per heavy atom. The molecule has 1 heterocycles. The zero-order valence-electron chi connectivity index (χ0n) is 15.0. The van der Waals surface area contributed by atoms with E-state index in [1.807, 2.05) is 49.4 Å². The number of oxazole rings is 1. The number of fused-ring (bicyclic) bond motifs is 1. The first-order valence-electron chi connectivity index (χ1n) is 8.60. The molecule has 0 aliphatic heterocycles. The number of nitrogens with one attached hydrogen (secondary N) is 2. The number of hydrogen-bond acceptors (Lipinski definition) is 4. The molecule has 1 unspecified atom stereocenters. The number of rotatable bonds is 5. The fourth-order valence-corrected chi connectivity index (χ4v) is 3.35. The van der Waals surface area contributed by atoms with Crippen LogP contribution in [0, 0.1) is 6.92 Å². The molecule has 4 aromatic rings. The maximum absolute atomic E-state index is 12.3. The van der Waals surface area contributed by atoms with E-state index in [0.717, 1.165) is 11.1 Å². The lowest BCUT2D eigenvalue weighted by atomic mass is 10.1. The molecule has 0 aliphatic rings. The van der Waals surface area contributed by atoms with Gasteiger partial charge in [0.1, 0.15) is 5.52 Å². The molecular formula is C21H17N3O3S. The smallest absolute Gasteiger partial charge is 0.264 e. The summed E-state index contributed by atoms with van der Waals surface area (Å²) in [5.74, 6) is 0.0984. The Labute approximate surface area is 164 Å². The Morgan fingerprint density at radius 1 is 1.00 bits per heavy atom. The molecular weight excluding hydrogens is 374 g/mol. The van der Waals surface area contributed by atoms with Crippen LogP contribution in [0.1, 0.15) is 15.9 Å². The number of nitrogens with zero attached hydrogens (tertiary/aromatic N) is 1. The molecule has 6 nitrogen and oxygen atoms in total. The van der Waals surface area contributed by atoms with Crippen molar-refractivity contribution in [1.29, 1.82) is 0 Å². The average Bonchev–Trinajstić information content (AvgIpc) is 3.12. The van der Waals surface area contributed by atoms with Crippen LogP contribution in [-0.4, -0.2) is 15.1 Å². The van der Waals surface area contributed by atoms with E-state index in [9.17, 15) is 9.00 Å². The van der Waals surface area contributed by atoms with Crippen molar-refractivity contribution in [2.24, 2.45) is 0 Å². The standard InChI is InChI=1S/C21H17N3O3S/c1-14-7-9-15(10-8-14)20(25)24-28(26)23-17-11-12-19-18(13-17)22-21(27-19)16-5-3-2-4-6-16/h2-13,23H,1H3,(H,24,25). The summed E-state index contributed by atoms with van der Waals surface area (Å²) in [7, 11) is 0. The Morgan fingerprint density at radius 2 is 1.75 bits per heavy atom. The van der Waals surface area contributed by atoms with Crippen LogP contribution in [0.15, 0.2) is 77.2 Å². The second-order valence-corrected chi connectivity index (χ2v) is 7.18. The summed E-state index contributed by atoms with van der Waals surface area (Å²) >= 11 is -1.79. The van der Waals surface area contributed by atoms with Gasteiger partial charge in [-0.3, -0.25) is 14.2 Å². The molecule has 0 radical (unpaired) electrons. The highest BCUT2D eigenvalue weighted by atomic mass is 32.2. The van der Waals surface area contributed by atoms with E-state index in [4.69, 9.17) is 4.42 Å². The number of anilines is 1. The summed E-state index contributed by atoms with van der Waals surface area (Å²) in [5, 5.41) is 0. The predicted molar refractivity (Wildman–Crippen MR) is 110 cm³/mol. The molecule has 0 aliphatic carbocycles. The molecule has 4 rings (SSSR count). The van der Waals surface area contributed by atoms with Gasteiger partial charge in [-0.2, -0.15) is 0 Å². The number of carbonyl (C=O) groups excluding carboxylic acids is 1. The van der Waals surface area contributed by atoms with Gasteiger partial charge in [-0.1, -0.05) is 35.9 Å². The SMILES string of the molecule is Cc1ccc(C(=O)NS(=O)Nc2ccc3oc(-c4ccccc4)nc3c2)cc1. The van der Waals surface area contributed by atoms with Crippen LogP contribution in [0.4, 0.5) is 5.69 Å². The van der Waals surface area contributed by atoms with Crippen molar-refractivity contribution in [2.75, 3.05) is 4.72 Å². The molecule has 7 heteroatoms. The third-order valence-electron chi connectivity index (χ3n) is 4.12. The van der Waals surface area contributed by atoms with Crippen molar-refractivity contribution in [3.8, 4) is 11.5 Å². The monoisotopic (exact) mass is 391 g/mol. The lowest BCUT2D eigenvalue weighted by Gasteiger charge is -2.07. The third kappa shape index (κ3) is 3.94. The van der Waals surface area contributed by atoms with Crippen LogP contribution in [0.2, 0.25) is 0 Å². The van der Waals surface area contributed by atoms with Crippen LogP contribution < -0.4 is 9.44 Å². The number of aromatic nitrogens is 1. The van der Waals surface area contributed by atoms with Crippen molar-refractivity contribution in [1.82, 2.24) is 9.71 Å². The van der Waals surface area contributed by atoms with Gasteiger partial charge in [0.2, 0.25) is 17.1 Å². The van der Waals surface area contributed by atoms with Gasteiger partial charge in [0, 0.05) is 11.1 Å². The summed E-state index contributed by atoms with van der Waals surface area (Å²) in [6, 6.07) is 21.8. The summed E-state index contributed by atoms with van der Waals surface area (Å²) in [4.78, 5) is 16.6. The quantitative estimate of drug-likeness (QED) is 0.533. The lowest BCUT2D eigenvalue weighted by Crippen LogP contribution is -2.29. The van der Waals surface area contributed by atoms with E-state index in [1.165, 1.54) is 0 Å². The highest BCUT2D eigenvalue weighted by Gasteiger charge is 2.11. The molecule has 140 valence electrons. The fourth-order valence-electron chi connectivity index (χ4n) is 2.68. The molecule has 0 bridgehead atoms. The maximum atomic E-state index is 12.3. The van der Waals surface area contributed by atoms with Gasteiger partial charge in [0.05, 0.1) is 5.69 Å². The fraction of sp³-hybridized carbons (Fsp3) is 0.0476. The lowest BCUT2D eigenvalue weighted by molar-refractivity contribution is 0.0983. The first-order chi connectivity index (χ1) is 13.6. The van der Waals surface area contributed by atoms with Gasteiger partial charge < -0.3 is 4.42 Å². The highest BCUT2D eigenvalue weighted by Crippen LogP contribution is 2.26. The molecule has 0 saturated carbocycles. The van der Waals surface area contributed by atoms with Gasteiger partial charge in [0.25, 0.3) is 5.91 Å². The first-order valence-corrected chi connectivity index (χ1v) is 9.75. The number of carbonyl (C=O) groups is 1. The average molecular weight is 391 g/mol. The van der Waals surface area contributed by atoms with Crippen LogP contribution in [-0.2, 0) is 11.2 Å². The number of hydrogen-bond donors (Lipinski definition) is 2. The zero-order valence-corrected chi connectivity index (χ0v) is 15.8. The van der Waals surface area contributed by atoms with Gasteiger partial charge >= 0.3 is 0 Å². The Hall–Kier alpha value is -3.45. The van der Waals surface area contributed by atoms with Gasteiger partial charge in [-0.15, -0.1) is 0 Å². The molecule has 2 N–H and O–H groups in total. The van der Waals surface area contributed by atoms with E-state index in [2.05, 4.69) is 14.4 Å². The van der Waals surface area contributed by atoms with Crippen LogP contribution in [0.25, 0.3) is 22.6 Å². The molecule has 3 aromatic carbocycles. The molecule has 1 amide bonds. The van der Waals surface area contributed by atoms with Crippen LogP contribution >= 0.6 is 0 Å². The van der Waals surface area contributed by atoms with Crippen molar-refractivity contribution < 1.29 is 13.4 Å². The number of aryl methyl sites for hydroxylation is 1. The van der Waals surface area contributed by atoms with E-state index in [-0.39, 0.29) is 0 Å². The first kappa shape index (κ1) is 17.9. The molecule has 0 saturated heterocycles. The summed E-state index contributed by atoms with van der Waals surface area (Å²) in [6.07, 6.45) is 0. The van der Waals surface area contributed by atoms with Crippen LogP contribution in [0.3, 0.4) is 0 Å². The van der Waals surface area contributed by atoms with Crippen molar-refractivity contribution in [2.45, 2.75) is 6.92 Å². The highest BCUT2D eigenvalue weighted by molar-refractivity contribution is 7.85. The van der Waals surface area contributed by atoms with Crippen molar-refractivity contribution in [3.05, 3.63) is 83.9 Å². The minimum atomic E-state index is -1.79. The number of amides is 1. The largest absolute Gasteiger partial charge is 0.436 e. The van der Waals surface area contributed by atoms with Gasteiger partial charge in [-0.25, -0.2) is 9.19 Å². The van der Waals surface area contributed by atoms with E-state index in [0.29, 0.717) is 28.2 Å². The summed E-state index contributed by atoms with van der Waals surface area (Å²) < 4.78 is 23.2. The topological polar surface area (TPSA) is 84.2 Å². The predicted octanol–water partition coefficient (Wildman–Crippen LogP) is 4.22. The molecule has 0 fully saturated rings. The molecule has 0 spiro atoms. The van der Waals surface area contributed by atoms with Crippen LogP contribution in [0.5, 0.6) is 0 Å². The second kappa shape index (κ2) is 7.66. The van der Waals surface area contributed by atoms with Crippen molar-refractivity contribution >= 4 is 33.9 Å². The minimum absolute atomic E-state index is 0.417. The Bertz CT molecular complexity index is 1150. The normalized spacial score (nSPS) is 11.9. The van der Waals surface area contributed by atoms with Gasteiger partial charge in [0.15, 0.2) is 5.58 Å². The molecule has 28 heavy (non-hydrogen) atoms. The van der Waals surface area contributed by atoms with Gasteiger partial charge in [-0.05, 0) is 49.4 Å². The maximum Gasteiger partial charge on any atom is 0.264 e. The minimum Gasteiger partial charge on any atom is -0.436 e. The summed E-state index contributed by atoms with van der Waals surface area (Å²) in [6.45, 7) is 1.94. The van der Waals surface area contributed by atoms with E-state index >= 15 is 0 Å². The Kier molecular flexibility index (Phi) is 4.90. The summed E-state index contributed by atoms with van der Waals surface area (Å²) in [5.41, 5.74) is 4.18.